The molecule has 0 spiro atoms. The number of nitrogens with one attached hydrogen (secondary N) is 1. The lowest BCUT2D eigenvalue weighted by Gasteiger charge is -2.14. The summed E-state index contributed by atoms with van der Waals surface area (Å²) in [5.74, 6) is -0.217. The highest BCUT2D eigenvalue weighted by molar-refractivity contribution is 6.31. The lowest BCUT2D eigenvalue weighted by Crippen LogP contribution is -2.31. The van der Waals surface area contributed by atoms with Crippen molar-refractivity contribution in [1.29, 1.82) is 0 Å². The van der Waals surface area contributed by atoms with Gasteiger partial charge in [-0.25, -0.2) is 4.79 Å². The molecule has 0 fully saturated rings. The van der Waals surface area contributed by atoms with E-state index in [9.17, 15) is 9.59 Å². The van der Waals surface area contributed by atoms with Crippen LogP contribution in [0, 0.1) is 0 Å². The zero-order chi connectivity index (χ0) is 20.0. The van der Waals surface area contributed by atoms with Gasteiger partial charge in [0, 0.05) is 29.2 Å². The highest BCUT2D eigenvalue weighted by Gasteiger charge is 2.16. The summed E-state index contributed by atoms with van der Waals surface area (Å²) in [4.78, 5) is 26.6. The van der Waals surface area contributed by atoms with E-state index < -0.39 is 5.97 Å². The molecule has 2 rings (SSSR count). The summed E-state index contributed by atoms with van der Waals surface area (Å²) in [6.07, 6.45) is 0. The topological polar surface area (TPSA) is 67.9 Å². The Kier molecular flexibility index (Phi) is 7.21. The average molecular weight is 391 g/mol. The van der Waals surface area contributed by atoms with Crippen LogP contribution in [-0.4, -0.2) is 58.2 Å². The summed E-state index contributed by atoms with van der Waals surface area (Å²) in [5, 5.41) is 3.36. The molecule has 0 bridgehead atoms. The van der Waals surface area contributed by atoms with Gasteiger partial charge in [0.15, 0.2) is 0 Å². The van der Waals surface area contributed by atoms with Crippen molar-refractivity contribution < 1.29 is 19.1 Å². The SMILES string of the molecule is COC(=O)c1cc(C(=O)NCCN(C)C)cc(-c2cc(Cl)ccc2OC)c1. The van der Waals surface area contributed by atoms with Crippen molar-refractivity contribution in [3.8, 4) is 16.9 Å². The fourth-order valence-corrected chi connectivity index (χ4v) is 2.72. The first-order valence-corrected chi connectivity index (χ1v) is 8.73. The maximum Gasteiger partial charge on any atom is 0.337 e. The van der Waals surface area contributed by atoms with Crippen LogP contribution in [-0.2, 0) is 4.74 Å². The molecule has 0 aliphatic heterocycles. The molecule has 0 unspecified atom stereocenters. The maximum absolute atomic E-state index is 12.6. The molecule has 6 nitrogen and oxygen atoms in total. The number of amides is 1. The van der Waals surface area contributed by atoms with Crippen molar-refractivity contribution in [2.24, 2.45) is 0 Å². The molecule has 0 atom stereocenters. The molecule has 1 N–H and O–H groups in total. The molecule has 0 aliphatic carbocycles. The van der Waals surface area contributed by atoms with Gasteiger partial charge in [0.05, 0.1) is 19.8 Å². The van der Waals surface area contributed by atoms with E-state index in [1.807, 2.05) is 19.0 Å². The third-order valence-corrected chi connectivity index (χ3v) is 4.17. The number of hydrogen-bond acceptors (Lipinski definition) is 5. The highest BCUT2D eigenvalue weighted by Crippen LogP contribution is 2.33. The fraction of sp³-hybridized carbons (Fsp3) is 0.300. The number of rotatable bonds is 7. The van der Waals surface area contributed by atoms with E-state index in [0.29, 0.717) is 40.6 Å². The number of halogens is 1. The molecule has 2 aromatic rings. The number of esters is 1. The zero-order valence-corrected chi connectivity index (χ0v) is 16.6. The standard InChI is InChI=1S/C20H23ClN2O4/c1-23(2)8-7-22-19(24)14-9-13(10-15(11-14)20(25)27-4)17-12-16(21)5-6-18(17)26-3/h5-6,9-12H,7-8H2,1-4H3,(H,22,24). The monoisotopic (exact) mass is 390 g/mol. The summed E-state index contributed by atoms with van der Waals surface area (Å²) in [5.41, 5.74) is 1.94. The van der Waals surface area contributed by atoms with Gasteiger partial charge in [0.25, 0.3) is 5.91 Å². The van der Waals surface area contributed by atoms with Crippen molar-refractivity contribution >= 4 is 23.5 Å². The summed E-state index contributed by atoms with van der Waals surface area (Å²) in [6, 6.07) is 10.0. The van der Waals surface area contributed by atoms with E-state index in [-0.39, 0.29) is 11.5 Å². The van der Waals surface area contributed by atoms with Crippen molar-refractivity contribution in [1.82, 2.24) is 10.2 Å². The molecule has 0 aliphatic rings. The quantitative estimate of drug-likeness (QED) is 0.736. The second-order valence-electron chi connectivity index (χ2n) is 6.19. The molecule has 7 heteroatoms. The van der Waals surface area contributed by atoms with E-state index >= 15 is 0 Å². The first kappa shape index (κ1) is 20.7. The van der Waals surface area contributed by atoms with Crippen LogP contribution < -0.4 is 10.1 Å². The van der Waals surface area contributed by atoms with Crippen molar-refractivity contribution in [2.45, 2.75) is 0 Å². The molecular formula is C20H23ClN2O4. The number of likely N-dealkylation sites (N-methyl/N-ethyl adjacent to an activating group) is 1. The minimum Gasteiger partial charge on any atom is -0.496 e. The van der Waals surface area contributed by atoms with Gasteiger partial charge in [0.2, 0.25) is 0 Å². The van der Waals surface area contributed by atoms with Gasteiger partial charge in [-0.1, -0.05) is 11.6 Å². The number of nitrogens with zero attached hydrogens (tertiary/aromatic N) is 1. The Morgan fingerprint density at radius 2 is 1.78 bits per heavy atom. The number of carbonyl (C=O) groups is 2. The summed E-state index contributed by atoms with van der Waals surface area (Å²) < 4.78 is 10.2. The average Bonchev–Trinajstić information content (AvgIpc) is 2.66. The third kappa shape index (κ3) is 5.45. The van der Waals surface area contributed by atoms with Crippen molar-refractivity contribution in [2.75, 3.05) is 41.4 Å². The Balaban J connectivity index is 2.47. The smallest absolute Gasteiger partial charge is 0.337 e. The number of methoxy groups -OCH3 is 2. The number of hydrogen-bond donors (Lipinski definition) is 1. The van der Waals surface area contributed by atoms with Gasteiger partial charge < -0.3 is 19.7 Å². The molecule has 0 aromatic heterocycles. The molecule has 144 valence electrons. The molecule has 27 heavy (non-hydrogen) atoms. The van der Waals surface area contributed by atoms with Gasteiger partial charge in [-0.2, -0.15) is 0 Å². The predicted molar refractivity (Wildman–Crippen MR) is 106 cm³/mol. The lowest BCUT2D eigenvalue weighted by molar-refractivity contribution is 0.0600. The zero-order valence-electron chi connectivity index (χ0n) is 15.8. The largest absolute Gasteiger partial charge is 0.496 e. The van der Waals surface area contributed by atoms with Crippen LogP contribution in [0.1, 0.15) is 20.7 Å². The lowest BCUT2D eigenvalue weighted by atomic mass is 9.98. The highest BCUT2D eigenvalue weighted by atomic mass is 35.5. The fourth-order valence-electron chi connectivity index (χ4n) is 2.55. The van der Waals surface area contributed by atoms with Crippen LogP contribution in [0.3, 0.4) is 0 Å². The second-order valence-corrected chi connectivity index (χ2v) is 6.63. The number of benzene rings is 2. The second kappa shape index (κ2) is 9.39. The number of carbonyl (C=O) groups excluding carboxylic acids is 2. The first-order valence-electron chi connectivity index (χ1n) is 8.36. The van der Waals surface area contributed by atoms with Crippen LogP contribution in [0.4, 0.5) is 0 Å². The van der Waals surface area contributed by atoms with E-state index in [1.54, 1.807) is 37.4 Å². The Hall–Kier alpha value is -2.57. The molecule has 1 amide bonds. The Bertz CT molecular complexity index is 837. The van der Waals surface area contributed by atoms with E-state index in [0.717, 1.165) is 0 Å². The molecule has 0 saturated heterocycles. The summed E-state index contributed by atoms with van der Waals surface area (Å²) in [7, 11) is 6.69. The van der Waals surface area contributed by atoms with Gasteiger partial charge in [0.1, 0.15) is 5.75 Å². The summed E-state index contributed by atoms with van der Waals surface area (Å²) >= 11 is 6.12. The molecule has 0 heterocycles. The maximum atomic E-state index is 12.6. The molecular weight excluding hydrogens is 368 g/mol. The Morgan fingerprint density at radius 1 is 1.07 bits per heavy atom. The van der Waals surface area contributed by atoms with E-state index in [2.05, 4.69) is 5.32 Å². The third-order valence-electron chi connectivity index (χ3n) is 3.93. The van der Waals surface area contributed by atoms with Crippen LogP contribution >= 0.6 is 11.6 Å². The normalized spacial score (nSPS) is 10.6. The van der Waals surface area contributed by atoms with Crippen molar-refractivity contribution in [3.05, 3.63) is 52.5 Å². The van der Waals surface area contributed by atoms with Crippen LogP contribution in [0.2, 0.25) is 5.02 Å². The van der Waals surface area contributed by atoms with E-state index in [4.69, 9.17) is 21.1 Å². The Morgan fingerprint density at radius 3 is 2.41 bits per heavy atom. The minimum absolute atomic E-state index is 0.273. The minimum atomic E-state index is -0.528. The van der Waals surface area contributed by atoms with Gasteiger partial charge >= 0.3 is 5.97 Å². The van der Waals surface area contributed by atoms with Crippen LogP contribution in [0.25, 0.3) is 11.1 Å². The van der Waals surface area contributed by atoms with Gasteiger partial charge in [-0.3, -0.25) is 4.79 Å². The van der Waals surface area contributed by atoms with Crippen LogP contribution in [0.5, 0.6) is 5.75 Å². The number of ether oxygens (including phenoxy) is 2. The molecule has 0 radical (unpaired) electrons. The molecule has 2 aromatic carbocycles. The van der Waals surface area contributed by atoms with Crippen molar-refractivity contribution in [3.63, 3.8) is 0 Å². The first-order chi connectivity index (χ1) is 12.8. The summed E-state index contributed by atoms with van der Waals surface area (Å²) in [6.45, 7) is 1.20. The van der Waals surface area contributed by atoms with Crippen LogP contribution in [0.15, 0.2) is 36.4 Å². The Labute approximate surface area is 164 Å². The van der Waals surface area contributed by atoms with E-state index in [1.165, 1.54) is 13.2 Å². The van der Waals surface area contributed by atoms with Gasteiger partial charge in [-0.15, -0.1) is 0 Å². The molecule has 0 saturated carbocycles. The predicted octanol–water partition coefficient (Wildman–Crippen LogP) is 3.09. The van der Waals surface area contributed by atoms with Gasteiger partial charge in [-0.05, 0) is 56.1 Å².